The van der Waals surface area contributed by atoms with Gasteiger partial charge < -0.3 is 15.8 Å². The number of carbonyl (C=O) groups excluding carboxylic acids is 2. The normalized spacial score (nSPS) is 10.8. The van der Waals surface area contributed by atoms with E-state index in [1.807, 2.05) is 49.4 Å². The Morgan fingerprint density at radius 1 is 1.10 bits per heavy atom. The fraction of sp³-hybridized carbons (Fsp3) is 0.130. The molecule has 29 heavy (non-hydrogen) atoms. The Kier molecular flexibility index (Phi) is 6.46. The highest BCUT2D eigenvalue weighted by atomic mass is 32.1. The maximum atomic E-state index is 12.7. The number of benzene rings is 2. The summed E-state index contributed by atoms with van der Waals surface area (Å²) in [5, 5.41) is 3.31. The number of rotatable bonds is 6. The van der Waals surface area contributed by atoms with E-state index < -0.39 is 5.97 Å². The molecule has 148 valence electrons. The van der Waals surface area contributed by atoms with Crippen LogP contribution in [0.4, 0.5) is 10.7 Å². The number of esters is 1. The van der Waals surface area contributed by atoms with E-state index in [2.05, 4.69) is 5.32 Å². The second kappa shape index (κ2) is 9.21. The average molecular weight is 407 g/mol. The van der Waals surface area contributed by atoms with E-state index in [9.17, 15) is 9.59 Å². The van der Waals surface area contributed by atoms with Gasteiger partial charge in [-0.2, -0.15) is 0 Å². The molecule has 0 spiro atoms. The van der Waals surface area contributed by atoms with E-state index in [1.54, 1.807) is 25.1 Å². The Morgan fingerprint density at radius 2 is 1.79 bits per heavy atom. The first-order valence-electron chi connectivity index (χ1n) is 9.20. The van der Waals surface area contributed by atoms with E-state index in [0.29, 0.717) is 16.3 Å². The summed E-state index contributed by atoms with van der Waals surface area (Å²) < 4.78 is 5.25. The van der Waals surface area contributed by atoms with Gasteiger partial charge in [0.2, 0.25) is 5.91 Å². The number of carbonyl (C=O) groups is 2. The minimum atomic E-state index is -0.450. The smallest absolute Gasteiger partial charge is 0.341 e. The molecule has 0 aliphatic rings. The number of thiophene rings is 1. The maximum Gasteiger partial charge on any atom is 0.341 e. The van der Waals surface area contributed by atoms with Crippen LogP contribution in [0.2, 0.25) is 0 Å². The molecule has 0 atom stereocenters. The summed E-state index contributed by atoms with van der Waals surface area (Å²) in [6.45, 7) is 3.94. The molecule has 0 fully saturated rings. The molecule has 6 heteroatoms. The van der Waals surface area contributed by atoms with Gasteiger partial charge in [-0.1, -0.05) is 42.5 Å². The van der Waals surface area contributed by atoms with Gasteiger partial charge in [0.15, 0.2) is 0 Å². The van der Waals surface area contributed by atoms with E-state index in [4.69, 9.17) is 10.5 Å². The lowest BCUT2D eigenvalue weighted by molar-refractivity contribution is -0.111. The summed E-state index contributed by atoms with van der Waals surface area (Å²) in [7, 11) is 0. The lowest BCUT2D eigenvalue weighted by Gasteiger charge is -2.08. The Bertz CT molecular complexity index is 1040. The first kappa shape index (κ1) is 20.4. The number of hydrogen-bond donors (Lipinski definition) is 2. The van der Waals surface area contributed by atoms with Crippen molar-refractivity contribution in [3.05, 3.63) is 76.7 Å². The number of anilines is 2. The molecule has 0 bridgehead atoms. The lowest BCUT2D eigenvalue weighted by atomic mass is 10.0. The molecule has 0 saturated heterocycles. The molecule has 3 aromatic rings. The molecule has 0 aliphatic carbocycles. The number of ether oxygens (including phenoxy) is 1. The van der Waals surface area contributed by atoms with Gasteiger partial charge in [-0.25, -0.2) is 4.79 Å². The van der Waals surface area contributed by atoms with Crippen molar-refractivity contribution in [1.29, 1.82) is 0 Å². The van der Waals surface area contributed by atoms with Crippen LogP contribution in [0.15, 0.2) is 60.7 Å². The van der Waals surface area contributed by atoms with Crippen LogP contribution >= 0.6 is 11.3 Å². The molecule has 3 N–H and O–H groups in total. The Morgan fingerprint density at radius 3 is 2.45 bits per heavy atom. The van der Waals surface area contributed by atoms with Gasteiger partial charge in [-0.05, 0) is 43.2 Å². The predicted molar refractivity (Wildman–Crippen MR) is 119 cm³/mol. The van der Waals surface area contributed by atoms with Crippen molar-refractivity contribution in [1.82, 2.24) is 0 Å². The number of nitrogens with two attached hydrogens (primary N) is 1. The zero-order chi connectivity index (χ0) is 20.8. The third-order valence-corrected chi connectivity index (χ3v) is 5.25. The number of nitrogen functional groups attached to an aromatic ring is 1. The van der Waals surface area contributed by atoms with Crippen molar-refractivity contribution < 1.29 is 14.3 Å². The molecule has 2 aromatic carbocycles. The Balaban J connectivity index is 1.91. The van der Waals surface area contributed by atoms with E-state index >= 15 is 0 Å². The van der Waals surface area contributed by atoms with E-state index in [1.165, 1.54) is 17.4 Å². The van der Waals surface area contributed by atoms with Crippen LogP contribution in [0.3, 0.4) is 0 Å². The van der Waals surface area contributed by atoms with Crippen LogP contribution in [0.5, 0.6) is 0 Å². The Hall–Kier alpha value is -3.38. The first-order valence-corrected chi connectivity index (χ1v) is 10.0. The van der Waals surface area contributed by atoms with Crippen LogP contribution in [-0.4, -0.2) is 18.5 Å². The minimum Gasteiger partial charge on any atom is -0.462 e. The van der Waals surface area contributed by atoms with Gasteiger partial charge in [-0.3, -0.25) is 4.79 Å². The van der Waals surface area contributed by atoms with Crippen molar-refractivity contribution in [2.24, 2.45) is 0 Å². The van der Waals surface area contributed by atoms with Gasteiger partial charge in [0.05, 0.1) is 6.61 Å². The topological polar surface area (TPSA) is 81.4 Å². The van der Waals surface area contributed by atoms with Gasteiger partial charge in [0.1, 0.15) is 10.6 Å². The van der Waals surface area contributed by atoms with Crippen molar-refractivity contribution in [2.75, 3.05) is 17.7 Å². The van der Waals surface area contributed by atoms with Crippen molar-refractivity contribution in [3.8, 4) is 11.1 Å². The Labute approximate surface area is 173 Å². The van der Waals surface area contributed by atoms with Crippen LogP contribution < -0.4 is 11.1 Å². The second-order valence-electron chi connectivity index (χ2n) is 6.31. The van der Waals surface area contributed by atoms with Crippen molar-refractivity contribution in [2.45, 2.75) is 13.8 Å². The fourth-order valence-corrected chi connectivity index (χ4v) is 3.98. The molecular formula is C23H22N2O3S. The first-order chi connectivity index (χ1) is 14.0. The van der Waals surface area contributed by atoms with Gasteiger partial charge in [-0.15, -0.1) is 11.3 Å². The lowest BCUT2D eigenvalue weighted by Crippen LogP contribution is -2.12. The molecule has 0 aliphatic heterocycles. The van der Waals surface area contributed by atoms with Crippen LogP contribution in [0.1, 0.15) is 27.7 Å². The molecule has 3 rings (SSSR count). The SMILES string of the molecule is CCOC(=O)c1c(NC(=O)/C=C/c2ccc(N)cc2)sc(C)c1-c1ccccc1. The summed E-state index contributed by atoms with van der Waals surface area (Å²) in [6.07, 6.45) is 3.12. The number of aryl methyl sites for hydroxylation is 1. The van der Waals surface area contributed by atoms with Gasteiger partial charge >= 0.3 is 5.97 Å². The van der Waals surface area contributed by atoms with E-state index in [0.717, 1.165) is 21.6 Å². The van der Waals surface area contributed by atoms with Gasteiger partial charge in [0, 0.05) is 22.2 Å². The third kappa shape index (κ3) is 4.92. The minimum absolute atomic E-state index is 0.256. The standard InChI is InChI=1S/C23H22N2O3S/c1-3-28-23(27)21-20(17-7-5-4-6-8-17)15(2)29-22(21)25-19(26)14-11-16-9-12-18(24)13-10-16/h4-14H,3,24H2,1-2H3,(H,25,26)/b14-11+. The summed E-state index contributed by atoms with van der Waals surface area (Å²) in [5.74, 6) is -0.776. The summed E-state index contributed by atoms with van der Waals surface area (Å²) in [4.78, 5) is 26.1. The second-order valence-corrected chi connectivity index (χ2v) is 7.54. The maximum absolute atomic E-state index is 12.7. The molecule has 0 radical (unpaired) electrons. The largest absolute Gasteiger partial charge is 0.462 e. The predicted octanol–water partition coefficient (Wildman–Crippen LogP) is 5.13. The quantitative estimate of drug-likeness (QED) is 0.338. The number of amides is 1. The molecule has 1 heterocycles. The zero-order valence-corrected chi connectivity index (χ0v) is 17.1. The van der Waals surface area contributed by atoms with E-state index in [-0.39, 0.29) is 12.5 Å². The highest BCUT2D eigenvalue weighted by Crippen LogP contribution is 2.40. The zero-order valence-electron chi connectivity index (χ0n) is 16.3. The monoisotopic (exact) mass is 406 g/mol. The fourth-order valence-electron chi connectivity index (χ4n) is 2.92. The summed E-state index contributed by atoms with van der Waals surface area (Å²) >= 11 is 1.36. The third-order valence-electron chi connectivity index (χ3n) is 4.23. The molecule has 1 amide bonds. The van der Waals surface area contributed by atoms with Crippen LogP contribution in [0.25, 0.3) is 17.2 Å². The van der Waals surface area contributed by atoms with Crippen molar-refractivity contribution in [3.63, 3.8) is 0 Å². The molecule has 0 unspecified atom stereocenters. The highest BCUT2D eigenvalue weighted by Gasteiger charge is 2.25. The van der Waals surface area contributed by atoms with Crippen molar-refractivity contribution >= 4 is 40.0 Å². The van der Waals surface area contributed by atoms with Gasteiger partial charge in [0.25, 0.3) is 0 Å². The molecule has 1 aromatic heterocycles. The average Bonchev–Trinajstić information content (AvgIpc) is 3.04. The number of hydrogen-bond acceptors (Lipinski definition) is 5. The molecular weight excluding hydrogens is 384 g/mol. The summed E-state index contributed by atoms with van der Waals surface area (Å²) in [6, 6.07) is 16.8. The highest BCUT2D eigenvalue weighted by molar-refractivity contribution is 7.17. The molecule has 5 nitrogen and oxygen atoms in total. The van der Waals surface area contributed by atoms with Crippen LogP contribution in [-0.2, 0) is 9.53 Å². The number of nitrogens with one attached hydrogen (secondary N) is 1. The van der Waals surface area contributed by atoms with Crippen LogP contribution in [0, 0.1) is 6.92 Å². The molecule has 0 saturated carbocycles. The summed E-state index contributed by atoms with van der Waals surface area (Å²) in [5.41, 5.74) is 9.26.